The van der Waals surface area contributed by atoms with Crippen molar-refractivity contribution >= 4 is 41.1 Å². The predicted octanol–water partition coefficient (Wildman–Crippen LogP) is 3.38. The number of nitrogens with one attached hydrogen (secondary N) is 4. The lowest BCUT2D eigenvalue weighted by molar-refractivity contribution is -0.479. The highest BCUT2D eigenvalue weighted by atomic mass is 35.5. The maximum atomic E-state index is 13.4. The van der Waals surface area contributed by atoms with Crippen molar-refractivity contribution in [1.82, 2.24) is 21.3 Å². The Bertz CT molecular complexity index is 1320. The minimum atomic E-state index is -0.680. The number of benzene rings is 2. The van der Waals surface area contributed by atoms with Gasteiger partial charge in [-0.15, -0.1) is 0 Å². The van der Waals surface area contributed by atoms with Crippen molar-refractivity contribution in [1.29, 1.82) is 0 Å². The third-order valence-electron chi connectivity index (χ3n) is 6.03. The van der Waals surface area contributed by atoms with E-state index in [1.54, 1.807) is 64.2 Å². The summed E-state index contributed by atoms with van der Waals surface area (Å²) < 4.78 is 10.5. The highest BCUT2D eigenvalue weighted by Crippen LogP contribution is 2.24. The standard InChI is InChI=1S/C31H42ClN5O6/c1-30(2,3)43-29(41)34-16-15-23(33-6)26(28(40)36-21-11-9-8-10-12-21)37-25(38)18-31(4,5)19-35-27(39)22-17-20(32)13-14-24(22)42-7/h8-14,17,33H,15-16,18-19H2,1-7H3,(H,34,41)(H,35,39)(H,36,40)(H,37,38)/p+1/b26-23+. The molecule has 0 aliphatic carbocycles. The Morgan fingerprint density at radius 1 is 0.953 bits per heavy atom. The highest BCUT2D eigenvalue weighted by molar-refractivity contribution is 6.31. The van der Waals surface area contributed by atoms with E-state index in [9.17, 15) is 19.2 Å². The molecule has 0 unspecified atom stereocenters. The van der Waals surface area contributed by atoms with Crippen LogP contribution in [0.15, 0.2) is 59.9 Å². The third-order valence-corrected chi connectivity index (χ3v) is 6.26. The molecule has 6 N–H and O–H groups in total. The molecule has 0 saturated heterocycles. The molecule has 0 spiro atoms. The lowest BCUT2D eigenvalue weighted by Gasteiger charge is -2.25. The molecule has 2 rings (SSSR count). The second-order valence-corrected chi connectivity index (χ2v) is 12.1. The van der Waals surface area contributed by atoms with E-state index < -0.39 is 34.8 Å². The topological polar surface area (TPSA) is 151 Å². The number of hydrogen-bond acceptors (Lipinski definition) is 7. The fourth-order valence-electron chi connectivity index (χ4n) is 3.99. The Morgan fingerprint density at radius 2 is 1.63 bits per heavy atom. The summed E-state index contributed by atoms with van der Waals surface area (Å²) in [6.07, 6.45) is -0.370. The van der Waals surface area contributed by atoms with Gasteiger partial charge in [0.1, 0.15) is 17.0 Å². The van der Waals surface area contributed by atoms with Crippen molar-refractivity contribution in [3.8, 4) is 5.75 Å². The van der Waals surface area contributed by atoms with Gasteiger partial charge in [0.15, 0.2) is 5.70 Å². The van der Waals surface area contributed by atoms with Gasteiger partial charge in [0.2, 0.25) is 5.91 Å². The van der Waals surface area contributed by atoms with Gasteiger partial charge in [-0.2, -0.15) is 0 Å². The number of hydrogen-bond donors (Lipinski definition) is 5. The molecule has 0 aromatic heterocycles. The molecule has 0 aliphatic rings. The van der Waals surface area contributed by atoms with Crippen LogP contribution < -0.4 is 31.3 Å². The molecule has 0 aliphatic heterocycles. The fourth-order valence-corrected chi connectivity index (χ4v) is 4.16. The molecule has 0 saturated carbocycles. The molecule has 0 atom stereocenters. The number of para-hydroxylation sites is 1. The van der Waals surface area contributed by atoms with E-state index in [1.165, 1.54) is 18.5 Å². The van der Waals surface area contributed by atoms with Gasteiger partial charge in [0, 0.05) is 43.7 Å². The van der Waals surface area contributed by atoms with E-state index in [1.807, 2.05) is 19.9 Å². The van der Waals surface area contributed by atoms with Crippen LogP contribution >= 0.6 is 11.6 Å². The van der Waals surface area contributed by atoms with Crippen LogP contribution in [0, 0.1) is 5.41 Å². The van der Waals surface area contributed by atoms with Crippen LogP contribution in [-0.2, 0) is 14.3 Å². The van der Waals surface area contributed by atoms with Gasteiger partial charge in [0.05, 0.1) is 12.7 Å². The summed E-state index contributed by atoms with van der Waals surface area (Å²) >= 11 is 6.06. The molecule has 12 heteroatoms. The number of rotatable bonds is 13. The molecule has 2 aromatic rings. The summed E-state index contributed by atoms with van der Waals surface area (Å²) in [5.74, 6) is -0.852. The Kier molecular flexibility index (Phi) is 13.0. The number of quaternary nitrogens is 1. The number of alkyl carbamates (subject to hydrolysis) is 1. The molecule has 4 amide bonds. The third kappa shape index (κ3) is 12.4. The number of nitrogens with two attached hydrogens (primary N) is 1. The number of methoxy groups -OCH3 is 1. The van der Waals surface area contributed by atoms with E-state index in [-0.39, 0.29) is 37.2 Å². The molecule has 2 aromatic carbocycles. The molecule has 0 bridgehead atoms. The molecule has 0 fully saturated rings. The largest absolute Gasteiger partial charge is 0.496 e. The van der Waals surface area contributed by atoms with E-state index in [0.717, 1.165) is 0 Å². The van der Waals surface area contributed by atoms with E-state index in [4.69, 9.17) is 21.1 Å². The summed E-state index contributed by atoms with van der Waals surface area (Å²) in [4.78, 5) is 51.6. The van der Waals surface area contributed by atoms with Crippen molar-refractivity contribution in [3.63, 3.8) is 0 Å². The number of carbonyl (C=O) groups excluding carboxylic acids is 4. The van der Waals surface area contributed by atoms with Gasteiger partial charge in [-0.25, -0.2) is 14.9 Å². The van der Waals surface area contributed by atoms with Crippen LogP contribution in [0.25, 0.3) is 0 Å². The highest BCUT2D eigenvalue weighted by Gasteiger charge is 2.28. The minimum absolute atomic E-state index is 0.00473. The number of ether oxygens (including phenoxy) is 2. The fraction of sp³-hybridized carbons (Fsp3) is 0.419. The molecule has 0 radical (unpaired) electrons. The first-order chi connectivity index (χ1) is 20.1. The van der Waals surface area contributed by atoms with Gasteiger partial charge in [-0.1, -0.05) is 43.6 Å². The summed E-state index contributed by atoms with van der Waals surface area (Å²) in [7, 11) is 3.09. The van der Waals surface area contributed by atoms with Crippen LogP contribution in [-0.4, -0.2) is 56.7 Å². The van der Waals surface area contributed by atoms with Crippen LogP contribution in [0.3, 0.4) is 0 Å². The van der Waals surface area contributed by atoms with Gasteiger partial charge in [-0.3, -0.25) is 9.59 Å². The average Bonchev–Trinajstić information content (AvgIpc) is 2.92. The Hall–Kier alpha value is -4.09. The lowest BCUT2D eigenvalue weighted by Crippen LogP contribution is -2.83. The first-order valence-electron chi connectivity index (χ1n) is 13.9. The zero-order valence-corrected chi connectivity index (χ0v) is 26.6. The molecular weight excluding hydrogens is 574 g/mol. The van der Waals surface area contributed by atoms with Crippen molar-refractivity contribution < 1.29 is 34.0 Å². The normalized spacial score (nSPS) is 12.0. The first-order valence-corrected chi connectivity index (χ1v) is 14.3. The number of primary amides is 1. The van der Waals surface area contributed by atoms with Crippen molar-refractivity contribution in [2.24, 2.45) is 5.41 Å². The lowest BCUT2D eigenvalue weighted by atomic mass is 9.88. The smallest absolute Gasteiger partial charge is 0.407 e. The summed E-state index contributed by atoms with van der Waals surface area (Å²) in [6, 6.07) is 13.8. The zero-order chi connectivity index (χ0) is 32.2. The zero-order valence-electron chi connectivity index (χ0n) is 25.9. The maximum Gasteiger partial charge on any atom is 0.407 e. The first kappa shape index (κ1) is 35.1. The molecule has 234 valence electrons. The van der Waals surface area contributed by atoms with Crippen LogP contribution in [0.5, 0.6) is 5.75 Å². The van der Waals surface area contributed by atoms with Crippen molar-refractivity contribution in [2.45, 2.75) is 53.1 Å². The second kappa shape index (κ2) is 15.9. The number of amides is 4. The van der Waals surface area contributed by atoms with Crippen molar-refractivity contribution in [3.05, 3.63) is 70.5 Å². The van der Waals surface area contributed by atoms with Gasteiger partial charge in [0.25, 0.3) is 5.91 Å². The van der Waals surface area contributed by atoms with Crippen LogP contribution in [0.1, 0.15) is 57.8 Å². The van der Waals surface area contributed by atoms with Crippen LogP contribution in [0.4, 0.5) is 10.5 Å². The quantitative estimate of drug-likeness (QED) is 0.171. The second-order valence-electron chi connectivity index (χ2n) is 11.6. The maximum absolute atomic E-state index is 13.4. The molecule has 11 nitrogen and oxygen atoms in total. The predicted molar refractivity (Wildman–Crippen MR) is 165 cm³/mol. The summed E-state index contributed by atoms with van der Waals surface area (Å²) in [5.41, 5.74) is 0.104. The number of carbonyl (C=O) groups is 4. The summed E-state index contributed by atoms with van der Waals surface area (Å²) in [6.45, 7) is 9.26. The Labute approximate surface area is 258 Å². The SMILES string of the molecule is CN/C(CCNC(=O)OC(C)(C)C)=C(/NC(=O)CC(C)(C)CNC(=O)c1cc(Cl)ccc1OC)C(=O)[NH2+]c1ccccc1. The number of halogens is 1. The Balaban J connectivity index is 2.16. The van der Waals surface area contributed by atoms with Crippen LogP contribution in [0.2, 0.25) is 5.02 Å². The summed E-state index contributed by atoms with van der Waals surface area (Å²) in [5, 5.41) is 13.1. The van der Waals surface area contributed by atoms with E-state index in [0.29, 0.717) is 22.2 Å². The minimum Gasteiger partial charge on any atom is -0.496 e. The van der Waals surface area contributed by atoms with Crippen molar-refractivity contribution in [2.75, 3.05) is 27.2 Å². The average molecular weight is 617 g/mol. The van der Waals surface area contributed by atoms with E-state index >= 15 is 0 Å². The molecule has 43 heavy (non-hydrogen) atoms. The van der Waals surface area contributed by atoms with Gasteiger partial charge >= 0.3 is 12.0 Å². The Morgan fingerprint density at radius 3 is 2.23 bits per heavy atom. The molecule has 0 heterocycles. The monoisotopic (exact) mass is 616 g/mol. The van der Waals surface area contributed by atoms with E-state index in [2.05, 4.69) is 21.3 Å². The van der Waals surface area contributed by atoms with Gasteiger partial charge < -0.3 is 30.7 Å². The van der Waals surface area contributed by atoms with Gasteiger partial charge in [-0.05, 0) is 56.5 Å². The molecular formula is C31H43ClN5O6+.